The molecule has 0 saturated carbocycles. The summed E-state index contributed by atoms with van der Waals surface area (Å²) >= 11 is 0. The maximum absolute atomic E-state index is 13.2. The lowest BCUT2D eigenvalue weighted by Gasteiger charge is -2.28. The number of aliphatic carboxylic acids is 1. The van der Waals surface area contributed by atoms with E-state index >= 15 is 0 Å². The number of hydrogen-bond acceptors (Lipinski definition) is 6. The number of aliphatic hydroxyl groups excluding tert-OH is 1. The summed E-state index contributed by atoms with van der Waals surface area (Å²) < 4.78 is 5.75. The van der Waals surface area contributed by atoms with Gasteiger partial charge >= 0.3 is 5.97 Å². The molecule has 2 aliphatic heterocycles. The van der Waals surface area contributed by atoms with Crippen LogP contribution in [0.5, 0.6) is 0 Å². The summed E-state index contributed by atoms with van der Waals surface area (Å²) in [4.78, 5) is 39.6. The van der Waals surface area contributed by atoms with E-state index in [0.717, 1.165) is 29.7 Å². The first-order valence-corrected chi connectivity index (χ1v) is 10.5. The van der Waals surface area contributed by atoms with Gasteiger partial charge in [-0.3, -0.25) is 24.6 Å². The Bertz CT molecular complexity index is 840. The van der Waals surface area contributed by atoms with Crippen molar-refractivity contribution in [2.24, 2.45) is 11.8 Å². The average molecular weight is 418 g/mol. The molecule has 2 aliphatic rings. The molecule has 8 heteroatoms. The zero-order chi connectivity index (χ0) is 22.1. The van der Waals surface area contributed by atoms with Gasteiger partial charge in [-0.2, -0.15) is 0 Å². The maximum atomic E-state index is 13.2. The quantitative estimate of drug-likeness (QED) is 0.319. The van der Waals surface area contributed by atoms with E-state index < -0.39 is 47.8 Å². The summed E-state index contributed by atoms with van der Waals surface area (Å²) in [6.07, 6.45) is 7.60. The van der Waals surface area contributed by atoms with Crippen LogP contribution < -0.4 is 5.32 Å². The van der Waals surface area contributed by atoms with Crippen LogP contribution in [0.2, 0.25) is 0 Å². The number of amides is 2. The number of carboxylic acid groups (broad SMARTS) is 1. The number of rotatable bonds is 9. The number of carboxylic acids is 1. The second-order valence-corrected chi connectivity index (χ2v) is 8.18. The van der Waals surface area contributed by atoms with Gasteiger partial charge in [0, 0.05) is 6.54 Å². The van der Waals surface area contributed by atoms with Crippen LogP contribution in [-0.2, 0) is 14.4 Å². The van der Waals surface area contributed by atoms with Crippen molar-refractivity contribution in [3.05, 3.63) is 35.3 Å². The molecule has 2 saturated heterocycles. The fourth-order valence-electron chi connectivity index (χ4n) is 4.45. The van der Waals surface area contributed by atoms with E-state index in [9.17, 15) is 24.6 Å². The van der Waals surface area contributed by atoms with Gasteiger partial charge in [0.15, 0.2) is 5.54 Å². The molecule has 2 amide bonds. The van der Waals surface area contributed by atoms with Gasteiger partial charge in [0.05, 0.1) is 24.5 Å². The number of nitrogens with zero attached hydrogens (tertiary/aromatic N) is 1. The third kappa shape index (κ3) is 3.58. The topological polar surface area (TPSA) is 120 Å². The minimum Gasteiger partial charge on any atom is -0.480 e. The molecule has 0 aliphatic carbocycles. The lowest BCUT2D eigenvalue weighted by Crippen LogP contribution is -2.58. The number of carbonyl (C=O) groups excluding carboxylic acids is 2. The summed E-state index contributed by atoms with van der Waals surface area (Å²) in [7, 11) is 0. The Morgan fingerprint density at radius 1 is 1.27 bits per heavy atom. The minimum atomic E-state index is -1.93. The number of nitrogens with one attached hydrogen (secondary N) is 1. The Hall–Kier alpha value is -2.45. The number of likely N-dealkylation sites (tertiary alicyclic amines) is 1. The lowest BCUT2D eigenvalue weighted by atomic mass is 9.80. The van der Waals surface area contributed by atoms with Crippen LogP contribution in [0.25, 0.3) is 0 Å². The summed E-state index contributed by atoms with van der Waals surface area (Å²) in [5, 5.41) is 22.7. The van der Waals surface area contributed by atoms with Crippen molar-refractivity contribution >= 4 is 17.8 Å². The third-order valence-corrected chi connectivity index (χ3v) is 6.28. The number of aliphatic hydroxyl groups is 1. The first kappa shape index (κ1) is 22.2. The summed E-state index contributed by atoms with van der Waals surface area (Å²) in [6.45, 7) is 5.13. The molecule has 0 aromatic carbocycles. The van der Waals surface area contributed by atoms with Gasteiger partial charge < -0.3 is 14.6 Å². The number of unbranched alkanes of at least 4 members (excludes halogenated alkanes) is 2. The third-order valence-electron chi connectivity index (χ3n) is 6.28. The van der Waals surface area contributed by atoms with Crippen LogP contribution in [0.4, 0.5) is 0 Å². The average Bonchev–Trinajstić information content (AvgIpc) is 3.31. The Morgan fingerprint density at radius 3 is 2.53 bits per heavy atom. The van der Waals surface area contributed by atoms with Gasteiger partial charge in [-0.1, -0.05) is 31.9 Å². The van der Waals surface area contributed by atoms with Crippen LogP contribution >= 0.6 is 0 Å². The number of furan rings is 1. The maximum Gasteiger partial charge on any atom is 0.327 e. The molecule has 1 aromatic heterocycles. The van der Waals surface area contributed by atoms with Gasteiger partial charge in [-0.15, -0.1) is 0 Å². The molecule has 1 aromatic rings. The van der Waals surface area contributed by atoms with Gasteiger partial charge in [0.25, 0.3) is 0 Å². The molecule has 30 heavy (non-hydrogen) atoms. The van der Waals surface area contributed by atoms with Crippen LogP contribution in [0.1, 0.15) is 55.7 Å². The second-order valence-electron chi connectivity index (χ2n) is 8.18. The number of carbonyl (C=O) groups is 3. The normalized spacial score (nSPS) is 28.7. The van der Waals surface area contributed by atoms with Crippen molar-refractivity contribution in [3.8, 4) is 0 Å². The van der Waals surface area contributed by atoms with E-state index in [4.69, 9.17) is 4.42 Å². The molecule has 3 N–H and O–H groups in total. The zero-order valence-corrected chi connectivity index (χ0v) is 17.7. The van der Waals surface area contributed by atoms with Gasteiger partial charge in [-0.25, -0.2) is 0 Å². The van der Waals surface area contributed by atoms with Crippen LogP contribution in [0, 0.1) is 25.7 Å². The molecule has 8 nitrogen and oxygen atoms in total. The van der Waals surface area contributed by atoms with Crippen molar-refractivity contribution < 1.29 is 29.0 Å². The molecule has 2 fully saturated rings. The molecule has 164 valence electrons. The van der Waals surface area contributed by atoms with Crippen LogP contribution in [0.15, 0.2) is 22.6 Å². The van der Waals surface area contributed by atoms with E-state index in [1.165, 1.54) is 0 Å². The van der Waals surface area contributed by atoms with Gasteiger partial charge in [-0.05, 0) is 38.3 Å². The van der Waals surface area contributed by atoms with Gasteiger partial charge in [0.1, 0.15) is 11.5 Å². The number of allylic oxidation sites excluding steroid dienone is 1. The van der Waals surface area contributed by atoms with E-state index in [-0.39, 0.29) is 6.54 Å². The largest absolute Gasteiger partial charge is 0.480 e. The molecule has 0 bridgehead atoms. The summed E-state index contributed by atoms with van der Waals surface area (Å²) in [6, 6.07) is 0.947. The standard InChI is InChI=1S/C22H30N2O6/c1-4-5-6-7-8-9-10-24-19(26)16-17(20(24)27)22(12-25,21(28)29)23-18(16)15-11-13(2)14(3)30-15/h7-8,11,16-18,23,25H,4-6,9-10,12H2,1-3H3,(H,28,29). The molecule has 3 heterocycles. The summed E-state index contributed by atoms with van der Waals surface area (Å²) in [5.74, 6) is -3.40. The SMILES string of the molecule is CCCCC=CCCN1C(=O)C2C(c3cc(C)c(C)o3)NC(CO)(C(=O)O)C2C1=O. The minimum absolute atomic E-state index is 0.192. The Kier molecular flexibility index (Phi) is 6.47. The summed E-state index contributed by atoms with van der Waals surface area (Å²) in [5.41, 5.74) is -1.06. The number of imide groups is 1. The van der Waals surface area contributed by atoms with Crippen molar-refractivity contribution in [1.82, 2.24) is 10.2 Å². The molecular formula is C22H30N2O6. The predicted octanol–water partition coefficient (Wildman–Crippen LogP) is 2.09. The number of hydrogen-bond donors (Lipinski definition) is 3. The number of fused-ring (bicyclic) bond motifs is 1. The smallest absolute Gasteiger partial charge is 0.327 e. The first-order chi connectivity index (χ1) is 14.3. The second kappa shape index (κ2) is 8.73. The highest BCUT2D eigenvalue weighted by molar-refractivity contribution is 6.09. The first-order valence-electron chi connectivity index (χ1n) is 10.5. The zero-order valence-electron chi connectivity index (χ0n) is 17.7. The Labute approximate surface area is 175 Å². The lowest BCUT2D eigenvalue weighted by molar-refractivity contribution is -0.153. The highest BCUT2D eigenvalue weighted by Crippen LogP contribution is 2.49. The Morgan fingerprint density at radius 2 is 1.97 bits per heavy atom. The van der Waals surface area contributed by atoms with E-state index in [1.807, 2.05) is 19.1 Å². The molecule has 3 rings (SSSR count). The molecule has 0 radical (unpaired) electrons. The molecule has 0 spiro atoms. The predicted molar refractivity (Wildman–Crippen MR) is 108 cm³/mol. The van der Waals surface area contributed by atoms with Crippen LogP contribution in [-0.4, -0.2) is 51.6 Å². The van der Waals surface area contributed by atoms with Crippen molar-refractivity contribution in [1.29, 1.82) is 0 Å². The molecule has 4 unspecified atom stereocenters. The van der Waals surface area contributed by atoms with E-state index in [1.54, 1.807) is 13.0 Å². The monoisotopic (exact) mass is 418 g/mol. The van der Waals surface area contributed by atoms with E-state index in [0.29, 0.717) is 17.9 Å². The fourth-order valence-corrected chi connectivity index (χ4v) is 4.45. The van der Waals surface area contributed by atoms with Crippen molar-refractivity contribution in [2.75, 3.05) is 13.2 Å². The highest BCUT2D eigenvalue weighted by Gasteiger charge is 2.68. The van der Waals surface area contributed by atoms with Gasteiger partial charge in [0.2, 0.25) is 11.8 Å². The Balaban J connectivity index is 1.89. The fraction of sp³-hybridized carbons (Fsp3) is 0.591. The van der Waals surface area contributed by atoms with E-state index in [2.05, 4.69) is 12.2 Å². The molecular weight excluding hydrogens is 388 g/mol. The van der Waals surface area contributed by atoms with Crippen molar-refractivity contribution in [2.45, 2.75) is 58.0 Å². The highest BCUT2D eigenvalue weighted by atomic mass is 16.4. The van der Waals surface area contributed by atoms with Crippen molar-refractivity contribution in [3.63, 3.8) is 0 Å². The molecule has 4 atom stereocenters. The number of aryl methyl sites for hydroxylation is 2. The van der Waals surface area contributed by atoms with Crippen LogP contribution in [0.3, 0.4) is 0 Å².